The first-order chi connectivity index (χ1) is 6.66. The predicted molar refractivity (Wildman–Crippen MR) is 57.9 cm³/mol. The second-order valence-electron chi connectivity index (χ2n) is 5.01. The fourth-order valence-electron chi connectivity index (χ4n) is 2.18. The van der Waals surface area contributed by atoms with Gasteiger partial charge in [-0.1, -0.05) is 19.9 Å². The molecule has 0 saturated heterocycles. The largest absolute Gasteiger partial charge is 0.310 e. The third-order valence-corrected chi connectivity index (χ3v) is 2.92. The Bertz CT molecular complexity index is 284. The molecule has 0 aromatic carbocycles. The van der Waals surface area contributed by atoms with Crippen molar-refractivity contribution in [3.63, 3.8) is 0 Å². The van der Waals surface area contributed by atoms with Crippen molar-refractivity contribution in [1.29, 1.82) is 0 Å². The van der Waals surface area contributed by atoms with Crippen molar-refractivity contribution >= 4 is 0 Å². The Kier molecular flexibility index (Phi) is 2.55. The molecule has 0 spiro atoms. The summed E-state index contributed by atoms with van der Waals surface area (Å²) in [6.07, 6.45) is 6.34. The molecule has 1 N–H and O–H groups in total. The highest BCUT2D eigenvalue weighted by molar-refractivity contribution is 5.08. The number of nitrogens with one attached hydrogen (secondary N) is 1. The van der Waals surface area contributed by atoms with E-state index in [0.29, 0.717) is 11.5 Å². The molecule has 0 unspecified atom stereocenters. The Morgan fingerprint density at radius 2 is 2.29 bits per heavy atom. The van der Waals surface area contributed by atoms with Crippen molar-refractivity contribution in [1.82, 2.24) is 10.3 Å². The Balaban J connectivity index is 1.75. The SMILES string of the molecule is CC1(C)CC(NCc2cccnc2)C1. The van der Waals surface area contributed by atoms with Gasteiger partial charge >= 0.3 is 0 Å². The lowest BCUT2D eigenvalue weighted by molar-refractivity contribution is 0.125. The van der Waals surface area contributed by atoms with Gasteiger partial charge in [0.2, 0.25) is 0 Å². The summed E-state index contributed by atoms with van der Waals surface area (Å²) in [5.41, 5.74) is 1.84. The van der Waals surface area contributed by atoms with Crippen molar-refractivity contribution in [2.24, 2.45) is 5.41 Å². The topological polar surface area (TPSA) is 24.9 Å². The van der Waals surface area contributed by atoms with E-state index in [-0.39, 0.29) is 0 Å². The molecule has 1 aliphatic rings. The maximum absolute atomic E-state index is 4.10. The Morgan fingerprint density at radius 3 is 2.86 bits per heavy atom. The second kappa shape index (κ2) is 3.70. The summed E-state index contributed by atoms with van der Waals surface area (Å²) in [5, 5.41) is 3.55. The van der Waals surface area contributed by atoms with Crippen LogP contribution in [0.1, 0.15) is 32.3 Å². The summed E-state index contributed by atoms with van der Waals surface area (Å²) < 4.78 is 0. The third kappa shape index (κ3) is 2.32. The number of hydrogen-bond donors (Lipinski definition) is 1. The van der Waals surface area contributed by atoms with Crippen molar-refractivity contribution < 1.29 is 0 Å². The van der Waals surface area contributed by atoms with Crippen molar-refractivity contribution in [3.8, 4) is 0 Å². The van der Waals surface area contributed by atoms with Gasteiger partial charge in [0.15, 0.2) is 0 Å². The molecule has 76 valence electrons. The van der Waals surface area contributed by atoms with Crippen LogP contribution in [0.4, 0.5) is 0 Å². The Hall–Kier alpha value is -0.890. The number of nitrogens with zero attached hydrogens (tertiary/aromatic N) is 1. The van der Waals surface area contributed by atoms with Crippen LogP contribution in [-0.4, -0.2) is 11.0 Å². The predicted octanol–water partition coefficient (Wildman–Crippen LogP) is 2.36. The first kappa shape index (κ1) is 9.66. The van der Waals surface area contributed by atoms with Gasteiger partial charge in [0.1, 0.15) is 0 Å². The molecule has 0 atom stereocenters. The fraction of sp³-hybridized carbons (Fsp3) is 0.583. The van der Waals surface area contributed by atoms with E-state index in [4.69, 9.17) is 0 Å². The maximum Gasteiger partial charge on any atom is 0.0312 e. The first-order valence-electron chi connectivity index (χ1n) is 5.28. The molecule has 0 bridgehead atoms. The molecule has 2 nitrogen and oxygen atoms in total. The number of pyridine rings is 1. The number of rotatable bonds is 3. The summed E-state index contributed by atoms with van der Waals surface area (Å²) in [4.78, 5) is 4.10. The number of hydrogen-bond acceptors (Lipinski definition) is 2. The summed E-state index contributed by atoms with van der Waals surface area (Å²) >= 11 is 0. The minimum atomic E-state index is 0.562. The smallest absolute Gasteiger partial charge is 0.0312 e. The van der Waals surface area contributed by atoms with Crippen LogP contribution >= 0.6 is 0 Å². The fourth-order valence-corrected chi connectivity index (χ4v) is 2.18. The lowest BCUT2D eigenvalue weighted by atomic mass is 9.68. The molecule has 0 radical (unpaired) electrons. The minimum Gasteiger partial charge on any atom is -0.310 e. The quantitative estimate of drug-likeness (QED) is 0.791. The molecule has 1 aromatic heterocycles. The molecule has 1 aromatic rings. The van der Waals surface area contributed by atoms with Crippen LogP contribution in [0.3, 0.4) is 0 Å². The van der Waals surface area contributed by atoms with Crippen molar-refractivity contribution in [2.75, 3.05) is 0 Å². The van der Waals surface area contributed by atoms with Crippen molar-refractivity contribution in [3.05, 3.63) is 30.1 Å². The molecule has 1 saturated carbocycles. The standard InChI is InChI=1S/C12H18N2/c1-12(2)6-11(7-12)14-9-10-4-3-5-13-8-10/h3-5,8,11,14H,6-7,9H2,1-2H3. The average Bonchev–Trinajstić information content (AvgIpc) is 2.13. The molecular weight excluding hydrogens is 172 g/mol. The zero-order valence-electron chi connectivity index (χ0n) is 8.96. The zero-order chi connectivity index (χ0) is 10.0. The van der Waals surface area contributed by atoms with Crippen LogP contribution in [0.5, 0.6) is 0 Å². The number of aromatic nitrogens is 1. The third-order valence-electron chi connectivity index (χ3n) is 2.92. The molecule has 1 fully saturated rings. The van der Waals surface area contributed by atoms with E-state index >= 15 is 0 Å². The molecule has 1 aliphatic carbocycles. The van der Waals surface area contributed by atoms with Crippen LogP contribution in [0.2, 0.25) is 0 Å². The molecule has 0 aliphatic heterocycles. The highest BCUT2D eigenvalue weighted by Gasteiger charge is 2.35. The summed E-state index contributed by atoms with van der Waals surface area (Å²) in [6.45, 7) is 5.61. The van der Waals surface area contributed by atoms with E-state index in [0.717, 1.165) is 6.54 Å². The van der Waals surface area contributed by atoms with E-state index in [2.05, 4.69) is 30.2 Å². The maximum atomic E-state index is 4.10. The molecule has 14 heavy (non-hydrogen) atoms. The van der Waals surface area contributed by atoms with Crippen LogP contribution in [0.15, 0.2) is 24.5 Å². The van der Waals surface area contributed by atoms with Crippen molar-refractivity contribution in [2.45, 2.75) is 39.3 Å². The van der Waals surface area contributed by atoms with Gasteiger partial charge in [-0.25, -0.2) is 0 Å². The lowest BCUT2D eigenvalue weighted by Crippen LogP contribution is -2.45. The monoisotopic (exact) mass is 190 g/mol. The van der Waals surface area contributed by atoms with Gasteiger partial charge in [-0.15, -0.1) is 0 Å². The van der Waals surface area contributed by atoms with Gasteiger partial charge in [0.25, 0.3) is 0 Å². The van der Waals surface area contributed by atoms with Gasteiger partial charge in [0, 0.05) is 25.0 Å². The summed E-state index contributed by atoms with van der Waals surface area (Å²) in [5.74, 6) is 0. The second-order valence-corrected chi connectivity index (χ2v) is 5.01. The van der Waals surface area contributed by atoms with Crippen LogP contribution in [0.25, 0.3) is 0 Å². The normalized spacial score (nSPS) is 20.4. The van der Waals surface area contributed by atoms with Gasteiger partial charge in [-0.2, -0.15) is 0 Å². The highest BCUT2D eigenvalue weighted by atomic mass is 14.9. The molecule has 2 heteroatoms. The van der Waals surface area contributed by atoms with Gasteiger partial charge < -0.3 is 5.32 Å². The highest BCUT2D eigenvalue weighted by Crippen LogP contribution is 2.39. The van der Waals surface area contributed by atoms with E-state index < -0.39 is 0 Å². The summed E-state index contributed by atoms with van der Waals surface area (Å²) in [7, 11) is 0. The lowest BCUT2D eigenvalue weighted by Gasteiger charge is -2.43. The van der Waals surface area contributed by atoms with Gasteiger partial charge in [0.05, 0.1) is 0 Å². The van der Waals surface area contributed by atoms with Crippen LogP contribution < -0.4 is 5.32 Å². The first-order valence-corrected chi connectivity index (χ1v) is 5.28. The van der Waals surface area contributed by atoms with Gasteiger partial charge in [-0.3, -0.25) is 4.98 Å². The zero-order valence-corrected chi connectivity index (χ0v) is 8.96. The minimum absolute atomic E-state index is 0.562. The van der Waals surface area contributed by atoms with E-state index in [1.165, 1.54) is 18.4 Å². The molecule has 1 heterocycles. The Labute approximate surface area is 85.7 Å². The summed E-state index contributed by atoms with van der Waals surface area (Å²) in [6, 6.07) is 4.82. The molecular formula is C12H18N2. The van der Waals surface area contributed by atoms with Crippen LogP contribution in [-0.2, 0) is 6.54 Å². The molecule has 0 amide bonds. The van der Waals surface area contributed by atoms with Gasteiger partial charge in [-0.05, 0) is 29.9 Å². The molecule has 2 rings (SSSR count). The van der Waals surface area contributed by atoms with E-state index in [9.17, 15) is 0 Å². The van der Waals surface area contributed by atoms with E-state index in [1.807, 2.05) is 18.5 Å². The van der Waals surface area contributed by atoms with Crippen LogP contribution in [0, 0.1) is 5.41 Å². The average molecular weight is 190 g/mol. The van der Waals surface area contributed by atoms with E-state index in [1.54, 1.807) is 0 Å². The Morgan fingerprint density at radius 1 is 1.50 bits per heavy atom.